The molecule has 1 aliphatic rings. The van der Waals surface area contributed by atoms with Crippen molar-refractivity contribution in [3.05, 3.63) is 107 Å². The quantitative estimate of drug-likeness (QED) is 0.159. The summed E-state index contributed by atoms with van der Waals surface area (Å²) < 4.78 is 0. The first kappa shape index (κ1) is 26.4. The molecular formula is C30H40O. The molecule has 0 saturated carbocycles. The average molecular weight is 417 g/mol. The molecule has 0 heterocycles. The molecule has 1 nitrogen and oxygen atoms in total. The number of hydrogen-bond donors (Lipinski definition) is 0. The third kappa shape index (κ3) is 10.8. The van der Waals surface area contributed by atoms with E-state index in [2.05, 4.69) is 77.2 Å². The molecule has 0 aromatic heterocycles. The minimum atomic E-state index is 0.338. The van der Waals surface area contributed by atoms with Gasteiger partial charge in [0, 0.05) is 5.92 Å². The van der Waals surface area contributed by atoms with Crippen molar-refractivity contribution in [3.63, 3.8) is 0 Å². The lowest BCUT2D eigenvalue weighted by Gasteiger charge is -2.36. The van der Waals surface area contributed by atoms with Crippen LogP contribution in [0, 0.1) is 11.3 Å². The van der Waals surface area contributed by atoms with Crippen molar-refractivity contribution in [2.75, 3.05) is 0 Å². The first-order valence-electron chi connectivity index (χ1n) is 11.2. The average Bonchev–Trinajstić information content (AvgIpc) is 2.70. The van der Waals surface area contributed by atoms with Gasteiger partial charge in [-0.3, -0.25) is 4.79 Å². The van der Waals surface area contributed by atoms with Crippen LogP contribution in [-0.2, 0) is 4.79 Å². The first-order valence-corrected chi connectivity index (χ1v) is 11.2. The van der Waals surface area contributed by atoms with Crippen LogP contribution in [0.4, 0.5) is 0 Å². The Labute approximate surface area is 190 Å². The van der Waals surface area contributed by atoms with Crippen LogP contribution in [0.1, 0.15) is 61.3 Å². The molecule has 0 aromatic carbocycles. The highest BCUT2D eigenvalue weighted by atomic mass is 16.1. The van der Waals surface area contributed by atoms with Crippen LogP contribution in [-0.4, -0.2) is 6.29 Å². The second-order valence-electron chi connectivity index (χ2n) is 9.18. The lowest BCUT2D eigenvalue weighted by Crippen LogP contribution is -2.26. The zero-order valence-corrected chi connectivity index (χ0v) is 20.5. The zero-order chi connectivity index (χ0) is 23.3. The molecular weight excluding hydrogens is 376 g/mol. The molecule has 1 atom stereocenters. The van der Waals surface area contributed by atoms with Gasteiger partial charge in [-0.1, -0.05) is 115 Å². The van der Waals surface area contributed by atoms with Gasteiger partial charge in [-0.05, 0) is 58.4 Å². The molecule has 1 rings (SSSR count). The monoisotopic (exact) mass is 416 g/mol. The van der Waals surface area contributed by atoms with Gasteiger partial charge in [-0.25, -0.2) is 0 Å². The van der Waals surface area contributed by atoms with Gasteiger partial charge in [0.2, 0.25) is 0 Å². The fourth-order valence-corrected chi connectivity index (χ4v) is 3.55. The summed E-state index contributed by atoms with van der Waals surface area (Å²) >= 11 is 0. The molecule has 31 heavy (non-hydrogen) atoms. The van der Waals surface area contributed by atoms with Crippen LogP contribution < -0.4 is 0 Å². The topological polar surface area (TPSA) is 17.1 Å². The van der Waals surface area contributed by atoms with Gasteiger partial charge in [0.25, 0.3) is 0 Å². The Bertz CT molecular complexity index is 873. The van der Waals surface area contributed by atoms with E-state index in [1.54, 1.807) is 6.92 Å². The van der Waals surface area contributed by atoms with E-state index in [1.807, 2.05) is 43.4 Å². The minimum absolute atomic E-state index is 0.338. The highest BCUT2D eigenvalue weighted by Gasteiger charge is 2.30. The summed E-state index contributed by atoms with van der Waals surface area (Å²) in [7, 11) is 0. The number of rotatable bonds is 9. The molecule has 0 saturated heterocycles. The SMILES string of the molecule is CC1=CCCC(C)(C)[C@H]1/C=C/C(C)=C/C=C/C(C)=C/C=C/C=C(C)/C=C/C=C(\C)C=O. The Morgan fingerprint density at radius 1 is 0.806 bits per heavy atom. The Morgan fingerprint density at radius 3 is 1.81 bits per heavy atom. The van der Waals surface area contributed by atoms with Crippen LogP contribution in [0.2, 0.25) is 0 Å². The maximum atomic E-state index is 10.6. The molecule has 0 fully saturated rings. The van der Waals surface area contributed by atoms with E-state index in [9.17, 15) is 4.79 Å². The van der Waals surface area contributed by atoms with Crippen molar-refractivity contribution in [1.29, 1.82) is 0 Å². The lowest BCUT2D eigenvalue weighted by molar-refractivity contribution is -0.104. The van der Waals surface area contributed by atoms with Crippen molar-refractivity contribution in [2.24, 2.45) is 11.3 Å². The normalized spacial score (nSPS) is 21.6. The van der Waals surface area contributed by atoms with E-state index in [4.69, 9.17) is 0 Å². The van der Waals surface area contributed by atoms with E-state index in [1.165, 1.54) is 29.6 Å². The number of aldehydes is 1. The molecule has 0 bridgehead atoms. The zero-order valence-electron chi connectivity index (χ0n) is 20.5. The highest BCUT2D eigenvalue weighted by molar-refractivity contribution is 5.72. The van der Waals surface area contributed by atoms with Gasteiger partial charge in [-0.2, -0.15) is 0 Å². The largest absolute Gasteiger partial charge is 0.298 e. The summed E-state index contributed by atoms with van der Waals surface area (Å²) in [6.45, 7) is 15.1. The molecule has 1 heteroatoms. The maximum absolute atomic E-state index is 10.6. The lowest BCUT2D eigenvalue weighted by atomic mass is 9.68. The van der Waals surface area contributed by atoms with Gasteiger partial charge in [0.05, 0.1) is 0 Å². The summed E-state index contributed by atoms with van der Waals surface area (Å²) in [6, 6.07) is 0. The highest BCUT2D eigenvalue weighted by Crippen LogP contribution is 2.41. The van der Waals surface area contributed by atoms with E-state index in [0.717, 1.165) is 17.4 Å². The summed E-state index contributed by atoms with van der Waals surface area (Å²) in [5.41, 5.74) is 6.14. The Balaban J connectivity index is 2.63. The molecule has 0 unspecified atom stereocenters. The number of carbonyl (C=O) groups excluding carboxylic acids is 1. The van der Waals surface area contributed by atoms with Gasteiger partial charge in [0.1, 0.15) is 6.29 Å². The van der Waals surface area contributed by atoms with Crippen LogP contribution in [0.5, 0.6) is 0 Å². The second-order valence-corrected chi connectivity index (χ2v) is 9.18. The predicted octanol–water partition coefficient (Wildman–Crippen LogP) is 8.58. The first-order chi connectivity index (χ1) is 14.7. The molecule has 0 N–H and O–H groups in total. The minimum Gasteiger partial charge on any atom is -0.298 e. The molecule has 0 aliphatic heterocycles. The van der Waals surface area contributed by atoms with Crippen LogP contribution in [0.3, 0.4) is 0 Å². The third-order valence-electron chi connectivity index (χ3n) is 5.59. The van der Waals surface area contributed by atoms with Crippen LogP contribution >= 0.6 is 0 Å². The van der Waals surface area contributed by atoms with E-state index < -0.39 is 0 Å². The molecule has 1 aliphatic carbocycles. The number of allylic oxidation sites excluding steroid dienone is 18. The maximum Gasteiger partial charge on any atom is 0.145 e. The fraction of sp³-hybridized carbons (Fsp3) is 0.367. The standard InChI is InChI=1S/C30H40O/c1-24(13-8-9-14-25(2)16-11-18-27(4)23-31)15-10-17-26(3)20-21-29-28(5)19-12-22-30(29,6)7/h8-11,13-21,23,29H,12,22H2,1-7H3/b9-8+,15-10+,16-11+,21-20+,24-13+,25-14+,26-17+,27-18+/t29-/m0/s1. The van der Waals surface area contributed by atoms with E-state index in [-0.39, 0.29) is 0 Å². The predicted molar refractivity (Wildman–Crippen MR) is 138 cm³/mol. The summed E-state index contributed by atoms with van der Waals surface area (Å²) in [4.78, 5) is 10.6. The van der Waals surface area contributed by atoms with Crippen molar-refractivity contribution in [2.45, 2.75) is 61.3 Å². The van der Waals surface area contributed by atoms with Crippen LogP contribution in [0.25, 0.3) is 0 Å². The second kappa shape index (κ2) is 13.6. The van der Waals surface area contributed by atoms with E-state index in [0.29, 0.717) is 11.3 Å². The third-order valence-corrected chi connectivity index (χ3v) is 5.59. The fourth-order valence-electron chi connectivity index (χ4n) is 3.55. The number of carbonyl (C=O) groups is 1. The van der Waals surface area contributed by atoms with Crippen molar-refractivity contribution in [3.8, 4) is 0 Å². The van der Waals surface area contributed by atoms with Gasteiger partial charge >= 0.3 is 0 Å². The Morgan fingerprint density at radius 2 is 1.29 bits per heavy atom. The Kier molecular flexibility index (Phi) is 11.6. The summed E-state index contributed by atoms with van der Waals surface area (Å²) in [5, 5.41) is 0. The van der Waals surface area contributed by atoms with Gasteiger partial charge in [0.15, 0.2) is 0 Å². The molecule has 166 valence electrons. The smallest absolute Gasteiger partial charge is 0.145 e. The van der Waals surface area contributed by atoms with Gasteiger partial charge in [-0.15, -0.1) is 0 Å². The Hall–Kier alpha value is -2.67. The molecule has 0 radical (unpaired) electrons. The molecule has 0 aromatic rings. The van der Waals surface area contributed by atoms with E-state index >= 15 is 0 Å². The number of hydrogen-bond acceptors (Lipinski definition) is 1. The summed E-state index contributed by atoms with van der Waals surface area (Å²) in [5.74, 6) is 0.525. The van der Waals surface area contributed by atoms with Crippen molar-refractivity contribution >= 4 is 6.29 Å². The summed E-state index contributed by atoms with van der Waals surface area (Å²) in [6.07, 6.45) is 30.6. The van der Waals surface area contributed by atoms with Gasteiger partial charge < -0.3 is 0 Å². The molecule has 0 spiro atoms. The molecule has 0 amide bonds. The van der Waals surface area contributed by atoms with Crippen LogP contribution in [0.15, 0.2) is 107 Å². The van der Waals surface area contributed by atoms with Crippen molar-refractivity contribution in [1.82, 2.24) is 0 Å². The van der Waals surface area contributed by atoms with Crippen molar-refractivity contribution < 1.29 is 4.79 Å².